The Morgan fingerprint density at radius 1 is 1.40 bits per heavy atom. The summed E-state index contributed by atoms with van der Waals surface area (Å²) in [6.45, 7) is 4.92. The molecule has 9 heteroatoms. The van der Waals surface area contributed by atoms with Gasteiger partial charge in [-0.05, 0) is 44.4 Å². The molecule has 30 heavy (non-hydrogen) atoms. The van der Waals surface area contributed by atoms with Crippen molar-refractivity contribution < 1.29 is 14.3 Å². The van der Waals surface area contributed by atoms with Crippen molar-refractivity contribution in [2.45, 2.75) is 26.7 Å². The molecular weight excluding hydrogens is 386 g/mol. The average molecular weight is 409 g/mol. The van der Waals surface area contributed by atoms with Crippen molar-refractivity contribution in [1.82, 2.24) is 9.38 Å². The smallest absolute Gasteiger partial charge is 0.309 e. The van der Waals surface area contributed by atoms with E-state index in [9.17, 15) is 19.6 Å². The fraction of sp³-hybridized carbons (Fsp3) is 0.381. The number of aromatic nitrogens is 2. The largest absolute Gasteiger partial charge is 0.466 e. The number of hydrogen-bond acceptors (Lipinski definition) is 7. The van der Waals surface area contributed by atoms with Crippen LogP contribution in [0.1, 0.15) is 30.9 Å². The van der Waals surface area contributed by atoms with Gasteiger partial charge in [-0.25, -0.2) is 4.98 Å². The van der Waals surface area contributed by atoms with Gasteiger partial charge in [0.1, 0.15) is 23.1 Å². The second kappa shape index (κ2) is 8.78. The fourth-order valence-electron chi connectivity index (χ4n) is 3.56. The molecular formula is C21H23N5O4. The van der Waals surface area contributed by atoms with Gasteiger partial charge in [-0.1, -0.05) is 6.07 Å². The first-order valence-electron chi connectivity index (χ1n) is 9.72. The molecule has 0 aromatic carbocycles. The minimum atomic E-state index is -0.918. The number of anilines is 1. The lowest BCUT2D eigenvalue weighted by atomic mass is 9.96. The third-order valence-electron chi connectivity index (χ3n) is 5.15. The van der Waals surface area contributed by atoms with Crippen LogP contribution < -0.4 is 16.2 Å². The van der Waals surface area contributed by atoms with E-state index in [1.807, 2.05) is 17.9 Å². The van der Waals surface area contributed by atoms with Crippen molar-refractivity contribution in [2.24, 2.45) is 11.7 Å². The predicted octanol–water partition coefficient (Wildman–Crippen LogP) is 1.17. The third-order valence-corrected chi connectivity index (χ3v) is 5.15. The number of carbonyl (C=O) groups is 2. The Hall–Kier alpha value is -3.67. The number of nitrogens with zero attached hydrogens (tertiary/aromatic N) is 4. The molecule has 0 radical (unpaired) electrons. The number of primary amides is 1. The second-order valence-corrected chi connectivity index (χ2v) is 7.09. The van der Waals surface area contributed by atoms with E-state index < -0.39 is 11.5 Å². The van der Waals surface area contributed by atoms with Gasteiger partial charge in [0.25, 0.3) is 11.5 Å². The zero-order valence-corrected chi connectivity index (χ0v) is 16.9. The number of pyridine rings is 1. The van der Waals surface area contributed by atoms with Gasteiger partial charge in [-0.3, -0.25) is 18.8 Å². The maximum absolute atomic E-state index is 13.2. The number of ether oxygens (including phenoxy) is 1. The molecule has 1 aliphatic heterocycles. The monoisotopic (exact) mass is 409 g/mol. The number of hydrogen-bond donors (Lipinski definition) is 1. The highest BCUT2D eigenvalue weighted by Crippen LogP contribution is 2.26. The van der Waals surface area contributed by atoms with Crippen molar-refractivity contribution in [1.29, 1.82) is 5.26 Å². The van der Waals surface area contributed by atoms with Gasteiger partial charge in [0, 0.05) is 19.3 Å². The zero-order valence-electron chi connectivity index (χ0n) is 16.9. The van der Waals surface area contributed by atoms with Crippen molar-refractivity contribution in [3.8, 4) is 6.07 Å². The summed E-state index contributed by atoms with van der Waals surface area (Å²) in [5.41, 5.74) is 5.94. The van der Waals surface area contributed by atoms with Crippen LogP contribution in [0.2, 0.25) is 0 Å². The molecule has 9 nitrogen and oxygen atoms in total. The topological polar surface area (TPSA) is 131 Å². The van der Waals surface area contributed by atoms with Crippen molar-refractivity contribution in [3.63, 3.8) is 0 Å². The molecule has 0 aliphatic carbocycles. The van der Waals surface area contributed by atoms with Crippen LogP contribution in [-0.2, 0) is 14.3 Å². The summed E-state index contributed by atoms with van der Waals surface area (Å²) in [5, 5.41) is 9.24. The van der Waals surface area contributed by atoms with Crippen LogP contribution in [0.25, 0.3) is 11.7 Å². The number of rotatable bonds is 5. The van der Waals surface area contributed by atoms with E-state index in [1.165, 1.54) is 10.5 Å². The summed E-state index contributed by atoms with van der Waals surface area (Å²) >= 11 is 0. The number of fused-ring (bicyclic) bond motifs is 1. The van der Waals surface area contributed by atoms with Crippen LogP contribution in [0.3, 0.4) is 0 Å². The Morgan fingerprint density at radius 3 is 2.70 bits per heavy atom. The molecule has 2 N–H and O–H groups in total. The number of aryl methyl sites for hydroxylation is 1. The van der Waals surface area contributed by atoms with Crippen LogP contribution >= 0.6 is 0 Å². The van der Waals surface area contributed by atoms with E-state index in [0.717, 1.165) is 5.56 Å². The minimum absolute atomic E-state index is 0.114. The normalized spacial score (nSPS) is 15.1. The maximum Gasteiger partial charge on any atom is 0.309 e. The summed E-state index contributed by atoms with van der Waals surface area (Å²) in [7, 11) is 0. The summed E-state index contributed by atoms with van der Waals surface area (Å²) in [6.07, 6.45) is 3.89. The Balaban J connectivity index is 2.09. The molecule has 3 rings (SSSR count). The molecule has 1 saturated heterocycles. The molecule has 0 bridgehead atoms. The lowest BCUT2D eigenvalue weighted by Gasteiger charge is -2.32. The number of esters is 1. The van der Waals surface area contributed by atoms with E-state index in [0.29, 0.717) is 44.0 Å². The molecule has 1 amide bonds. The molecule has 1 fully saturated rings. The Morgan fingerprint density at radius 2 is 2.10 bits per heavy atom. The number of nitrogens with two attached hydrogens (primary N) is 1. The van der Waals surface area contributed by atoms with Gasteiger partial charge in [0.05, 0.1) is 18.1 Å². The van der Waals surface area contributed by atoms with E-state index in [4.69, 9.17) is 10.5 Å². The van der Waals surface area contributed by atoms with E-state index in [1.54, 1.807) is 25.3 Å². The van der Waals surface area contributed by atoms with Gasteiger partial charge in [-0.15, -0.1) is 0 Å². The molecule has 156 valence electrons. The van der Waals surface area contributed by atoms with Gasteiger partial charge in [-0.2, -0.15) is 5.26 Å². The molecule has 0 atom stereocenters. The molecule has 3 heterocycles. The standard InChI is InChI=1S/C21H23N5O4/c1-3-30-21(29)14-6-9-25(10-7-14)19-16(11-15(12-22)17(23)27)20(28)26-8-4-5-13(2)18(26)24-19/h4-5,8,11,14H,3,6-7,9-10H2,1-2H3,(H2,23,27). The number of amides is 1. The number of nitriles is 1. The highest BCUT2D eigenvalue weighted by molar-refractivity contribution is 6.01. The summed E-state index contributed by atoms with van der Waals surface area (Å²) in [5.74, 6) is -0.979. The van der Waals surface area contributed by atoms with Crippen LogP contribution in [0.5, 0.6) is 0 Å². The summed E-state index contributed by atoms with van der Waals surface area (Å²) in [6, 6.07) is 5.30. The second-order valence-electron chi connectivity index (χ2n) is 7.09. The maximum atomic E-state index is 13.2. The van der Waals surface area contributed by atoms with Crippen molar-refractivity contribution in [2.75, 3.05) is 24.6 Å². The Bertz CT molecular complexity index is 1120. The Labute approximate surface area is 173 Å². The summed E-state index contributed by atoms with van der Waals surface area (Å²) < 4.78 is 6.49. The molecule has 0 unspecified atom stereocenters. The molecule has 2 aromatic heterocycles. The van der Waals surface area contributed by atoms with Crippen LogP contribution in [0.15, 0.2) is 28.7 Å². The van der Waals surface area contributed by atoms with Gasteiger partial charge in [0.15, 0.2) is 0 Å². The number of carbonyl (C=O) groups excluding carboxylic acids is 2. The first-order valence-corrected chi connectivity index (χ1v) is 9.72. The lowest BCUT2D eigenvalue weighted by Crippen LogP contribution is -2.39. The van der Waals surface area contributed by atoms with Crippen LogP contribution in [-0.4, -0.2) is 41.0 Å². The first kappa shape index (κ1) is 21.0. The zero-order chi connectivity index (χ0) is 21.8. The van der Waals surface area contributed by atoms with Crippen LogP contribution in [0.4, 0.5) is 5.82 Å². The molecule has 2 aromatic rings. The summed E-state index contributed by atoms with van der Waals surface area (Å²) in [4.78, 5) is 43.4. The quantitative estimate of drug-likeness (QED) is 0.445. The molecule has 0 saturated carbocycles. The average Bonchev–Trinajstić information content (AvgIpc) is 2.73. The molecule has 0 spiro atoms. The van der Waals surface area contributed by atoms with Crippen molar-refractivity contribution in [3.05, 3.63) is 45.4 Å². The SMILES string of the molecule is CCOC(=O)C1CCN(c2nc3c(C)cccn3c(=O)c2C=C(C#N)C(N)=O)CC1. The van der Waals surface area contributed by atoms with E-state index in [-0.39, 0.29) is 23.0 Å². The third kappa shape index (κ3) is 4.03. The van der Waals surface area contributed by atoms with Gasteiger partial charge < -0.3 is 15.4 Å². The lowest BCUT2D eigenvalue weighted by molar-refractivity contribution is -0.148. The Kier molecular flexibility index (Phi) is 6.16. The fourth-order valence-corrected chi connectivity index (χ4v) is 3.56. The van der Waals surface area contributed by atoms with Crippen LogP contribution in [0, 0.1) is 24.2 Å². The van der Waals surface area contributed by atoms with Crippen molar-refractivity contribution >= 4 is 29.4 Å². The highest BCUT2D eigenvalue weighted by Gasteiger charge is 2.28. The first-order chi connectivity index (χ1) is 14.4. The van der Waals surface area contributed by atoms with Gasteiger partial charge >= 0.3 is 5.97 Å². The minimum Gasteiger partial charge on any atom is -0.466 e. The number of piperidine rings is 1. The van der Waals surface area contributed by atoms with Gasteiger partial charge in [0.2, 0.25) is 0 Å². The van der Waals surface area contributed by atoms with E-state index >= 15 is 0 Å². The highest BCUT2D eigenvalue weighted by atomic mass is 16.5. The molecule has 1 aliphatic rings. The predicted molar refractivity (Wildman–Crippen MR) is 111 cm³/mol. The van der Waals surface area contributed by atoms with E-state index in [2.05, 4.69) is 4.98 Å².